The lowest BCUT2D eigenvalue weighted by atomic mass is 9.94. The third-order valence-electron chi connectivity index (χ3n) is 1.17. The van der Waals surface area contributed by atoms with E-state index >= 15 is 0 Å². The maximum Gasteiger partial charge on any atom is 0.117 e. The minimum atomic E-state index is -0.463. The molecular formula is C8H4BF. The monoisotopic (exact) mass is 130 g/mol. The Balaban J connectivity index is 3.20. The van der Waals surface area contributed by atoms with Gasteiger partial charge in [0.05, 0.1) is 0 Å². The Morgan fingerprint density at radius 2 is 2.20 bits per heavy atom. The van der Waals surface area contributed by atoms with Crippen LogP contribution < -0.4 is 5.46 Å². The fourth-order valence-electron chi connectivity index (χ4n) is 0.617. The van der Waals surface area contributed by atoms with E-state index in [4.69, 9.17) is 14.3 Å². The van der Waals surface area contributed by atoms with E-state index in [-0.39, 0.29) is 5.46 Å². The van der Waals surface area contributed by atoms with Crippen molar-refractivity contribution in [3.63, 3.8) is 0 Å². The van der Waals surface area contributed by atoms with Crippen molar-refractivity contribution >= 4 is 13.3 Å². The molecule has 1 aromatic carbocycles. The topological polar surface area (TPSA) is 0 Å². The zero-order chi connectivity index (χ0) is 7.56. The lowest BCUT2D eigenvalue weighted by Gasteiger charge is -1.94. The van der Waals surface area contributed by atoms with Crippen LogP contribution in [-0.4, -0.2) is 7.85 Å². The summed E-state index contributed by atoms with van der Waals surface area (Å²) in [6, 6.07) is 4.28. The fraction of sp³-hybridized carbons (Fsp3) is 0. The van der Waals surface area contributed by atoms with Crippen molar-refractivity contribution < 1.29 is 4.39 Å². The summed E-state index contributed by atoms with van der Waals surface area (Å²) in [4.78, 5) is 0. The maximum atomic E-state index is 12.5. The molecule has 46 valence electrons. The minimum absolute atomic E-state index is 0.124. The number of terminal acetylenes is 1. The van der Waals surface area contributed by atoms with E-state index in [0.717, 1.165) is 0 Å². The molecule has 0 N–H and O–H groups in total. The van der Waals surface area contributed by atoms with Gasteiger partial charge in [-0.3, -0.25) is 0 Å². The van der Waals surface area contributed by atoms with Gasteiger partial charge < -0.3 is 0 Å². The first-order valence-electron chi connectivity index (χ1n) is 2.75. The van der Waals surface area contributed by atoms with Gasteiger partial charge in [-0.1, -0.05) is 17.4 Å². The molecule has 10 heavy (non-hydrogen) atoms. The fourth-order valence-corrected chi connectivity index (χ4v) is 0.617. The second-order valence-electron chi connectivity index (χ2n) is 1.88. The lowest BCUT2D eigenvalue weighted by Crippen LogP contribution is -2.07. The van der Waals surface area contributed by atoms with Gasteiger partial charge in [0, 0.05) is 5.56 Å². The molecule has 0 saturated heterocycles. The van der Waals surface area contributed by atoms with Gasteiger partial charge in [-0.15, -0.1) is 6.42 Å². The van der Waals surface area contributed by atoms with Gasteiger partial charge in [0.1, 0.15) is 13.7 Å². The smallest absolute Gasteiger partial charge is 0.117 e. The molecule has 0 aliphatic rings. The van der Waals surface area contributed by atoms with Crippen molar-refractivity contribution in [2.75, 3.05) is 0 Å². The predicted octanol–water partition coefficient (Wildman–Crippen LogP) is 0.601. The summed E-state index contributed by atoms with van der Waals surface area (Å²) in [6.07, 6.45) is 5.01. The van der Waals surface area contributed by atoms with E-state index in [0.29, 0.717) is 5.56 Å². The molecule has 2 radical (unpaired) electrons. The molecule has 0 saturated carbocycles. The van der Waals surface area contributed by atoms with Crippen molar-refractivity contribution in [1.82, 2.24) is 0 Å². The molecular weight excluding hydrogens is 126 g/mol. The summed E-state index contributed by atoms with van der Waals surface area (Å²) in [5.74, 6) is 1.84. The first kappa shape index (κ1) is 6.89. The SMILES string of the molecule is [B]c1ccc(C#C)cc1F. The first-order valence-corrected chi connectivity index (χ1v) is 2.75. The summed E-state index contributed by atoms with van der Waals surface area (Å²) < 4.78 is 12.5. The highest BCUT2D eigenvalue weighted by Crippen LogP contribution is 1.97. The summed E-state index contributed by atoms with van der Waals surface area (Å²) >= 11 is 0. The molecule has 0 bridgehead atoms. The molecule has 0 aliphatic heterocycles. The van der Waals surface area contributed by atoms with Crippen LogP contribution in [0.4, 0.5) is 4.39 Å². The Bertz CT molecular complexity index is 286. The third kappa shape index (κ3) is 1.19. The normalized spacial score (nSPS) is 8.80. The highest BCUT2D eigenvalue weighted by atomic mass is 19.1. The molecule has 0 spiro atoms. The average Bonchev–Trinajstić information content (AvgIpc) is 1.95. The first-order chi connectivity index (χ1) is 4.74. The molecule has 1 aromatic rings. The molecule has 0 fully saturated rings. The molecule has 0 aliphatic carbocycles. The van der Waals surface area contributed by atoms with E-state index in [1.807, 2.05) is 0 Å². The highest BCUT2D eigenvalue weighted by molar-refractivity contribution is 6.32. The standard InChI is InChI=1S/C8H4BF/c1-2-6-3-4-7(9)8(10)5-6/h1,3-5H. The van der Waals surface area contributed by atoms with E-state index in [2.05, 4.69) is 5.92 Å². The second-order valence-corrected chi connectivity index (χ2v) is 1.88. The summed E-state index contributed by atoms with van der Waals surface area (Å²) in [5, 5.41) is 0. The van der Waals surface area contributed by atoms with Gasteiger partial charge >= 0.3 is 0 Å². The Kier molecular flexibility index (Phi) is 1.77. The Morgan fingerprint density at radius 1 is 1.50 bits per heavy atom. The average molecular weight is 130 g/mol. The largest absolute Gasteiger partial charge is 0.208 e. The van der Waals surface area contributed by atoms with E-state index in [1.54, 1.807) is 6.07 Å². The molecule has 0 nitrogen and oxygen atoms in total. The van der Waals surface area contributed by atoms with Crippen molar-refractivity contribution in [2.45, 2.75) is 0 Å². The van der Waals surface area contributed by atoms with Crippen LogP contribution in [-0.2, 0) is 0 Å². The van der Waals surface area contributed by atoms with Crippen LogP contribution in [0.15, 0.2) is 18.2 Å². The number of rotatable bonds is 0. The van der Waals surface area contributed by atoms with Gasteiger partial charge in [-0.2, -0.15) is 0 Å². The van der Waals surface area contributed by atoms with E-state index in [1.165, 1.54) is 12.1 Å². The van der Waals surface area contributed by atoms with Crippen molar-refractivity contribution in [2.24, 2.45) is 0 Å². The number of benzene rings is 1. The van der Waals surface area contributed by atoms with Crippen molar-refractivity contribution in [3.8, 4) is 12.3 Å². The second kappa shape index (κ2) is 2.57. The molecule has 1 rings (SSSR count). The van der Waals surface area contributed by atoms with Crippen LogP contribution >= 0.6 is 0 Å². The van der Waals surface area contributed by atoms with Crippen LogP contribution in [0, 0.1) is 18.2 Å². The molecule has 2 heteroatoms. The van der Waals surface area contributed by atoms with Gasteiger partial charge in [0.25, 0.3) is 0 Å². The number of halogens is 1. The maximum absolute atomic E-state index is 12.5. The summed E-state index contributed by atoms with van der Waals surface area (Å²) in [6.45, 7) is 0. The molecule has 0 aromatic heterocycles. The number of hydrogen-bond donors (Lipinski definition) is 0. The van der Waals surface area contributed by atoms with Crippen LogP contribution in [0.25, 0.3) is 0 Å². The van der Waals surface area contributed by atoms with Crippen LogP contribution in [0.1, 0.15) is 5.56 Å². The molecule has 0 amide bonds. The highest BCUT2D eigenvalue weighted by Gasteiger charge is 1.94. The zero-order valence-electron chi connectivity index (χ0n) is 5.26. The number of hydrogen-bond acceptors (Lipinski definition) is 0. The Hall–Kier alpha value is -1.23. The molecule has 0 atom stereocenters. The predicted molar refractivity (Wildman–Crippen MR) is 39.7 cm³/mol. The minimum Gasteiger partial charge on any atom is -0.208 e. The Labute approximate surface area is 60.5 Å². The van der Waals surface area contributed by atoms with Gasteiger partial charge in [-0.05, 0) is 12.1 Å². The van der Waals surface area contributed by atoms with Gasteiger partial charge in [-0.25, -0.2) is 4.39 Å². The molecule has 0 heterocycles. The van der Waals surface area contributed by atoms with Gasteiger partial charge in [0.15, 0.2) is 0 Å². The quantitative estimate of drug-likeness (QED) is 0.356. The van der Waals surface area contributed by atoms with Crippen LogP contribution in [0.5, 0.6) is 0 Å². The van der Waals surface area contributed by atoms with Crippen LogP contribution in [0.2, 0.25) is 0 Å². The Morgan fingerprint density at radius 3 is 2.70 bits per heavy atom. The van der Waals surface area contributed by atoms with E-state index in [9.17, 15) is 4.39 Å². The van der Waals surface area contributed by atoms with Crippen LogP contribution in [0.3, 0.4) is 0 Å². The van der Waals surface area contributed by atoms with E-state index < -0.39 is 5.82 Å². The lowest BCUT2D eigenvalue weighted by molar-refractivity contribution is 0.635. The third-order valence-corrected chi connectivity index (χ3v) is 1.17. The summed E-state index contributed by atoms with van der Waals surface area (Å²) in [5.41, 5.74) is 0.630. The van der Waals surface area contributed by atoms with Crippen molar-refractivity contribution in [1.29, 1.82) is 0 Å². The summed E-state index contributed by atoms with van der Waals surface area (Å²) in [7, 11) is 5.20. The molecule has 0 unspecified atom stereocenters. The zero-order valence-corrected chi connectivity index (χ0v) is 5.26. The van der Waals surface area contributed by atoms with Crippen molar-refractivity contribution in [3.05, 3.63) is 29.6 Å². The van der Waals surface area contributed by atoms with Gasteiger partial charge in [0.2, 0.25) is 0 Å².